The first kappa shape index (κ1) is 16.4. The molecule has 0 spiro atoms. The van der Waals surface area contributed by atoms with E-state index in [0.29, 0.717) is 5.56 Å². The summed E-state index contributed by atoms with van der Waals surface area (Å²) in [6.07, 6.45) is -0.779. The third-order valence-electron chi connectivity index (χ3n) is 3.70. The van der Waals surface area contributed by atoms with Gasteiger partial charge < -0.3 is 20.0 Å². The van der Waals surface area contributed by atoms with Crippen molar-refractivity contribution >= 4 is 23.5 Å². The number of hydrogen-bond acceptors (Lipinski definition) is 6. The number of anilines is 1. The van der Waals surface area contributed by atoms with Crippen molar-refractivity contribution in [2.75, 3.05) is 4.90 Å². The van der Waals surface area contributed by atoms with E-state index in [9.17, 15) is 19.7 Å². The van der Waals surface area contributed by atoms with Crippen LogP contribution in [0, 0.1) is 10.1 Å². The standard InChI is InChI=1S/C16H13N3O6/c1-9-15(20)18(8-10-3-2-4-11(7-10)16(21)22)14-12(25-9)5-6-13(17-14)19(23)24/h2-7,9H,8H2,1H3,(H,21,22). The summed E-state index contributed by atoms with van der Waals surface area (Å²) in [5.74, 6) is -1.61. The fourth-order valence-corrected chi connectivity index (χ4v) is 2.52. The van der Waals surface area contributed by atoms with E-state index < -0.39 is 28.7 Å². The summed E-state index contributed by atoms with van der Waals surface area (Å²) in [6.45, 7) is 1.59. The molecule has 2 aromatic rings. The number of nitro groups is 1. The molecule has 25 heavy (non-hydrogen) atoms. The highest BCUT2D eigenvalue weighted by atomic mass is 16.6. The number of carbonyl (C=O) groups is 2. The van der Waals surface area contributed by atoms with E-state index in [4.69, 9.17) is 9.84 Å². The molecule has 0 fully saturated rings. The lowest BCUT2D eigenvalue weighted by Gasteiger charge is -2.29. The van der Waals surface area contributed by atoms with Crippen LogP contribution < -0.4 is 9.64 Å². The molecule has 0 bridgehead atoms. The summed E-state index contributed by atoms with van der Waals surface area (Å²) in [5.41, 5.74) is 0.639. The zero-order valence-electron chi connectivity index (χ0n) is 13.1. The van der Waals surface area contributed by atoms with Gasteiger partial charge in [-0.25, -0.2) is 4.79 Å². The van der Waals surface area contributed by atoms with Crippen LogP contribution in [0.1, 0.15) is 22.8 Å². The summed E-state index contributed by atoms with van der Waals surface area (Å²) in [5, 5.41) is 20.0. The molecule has 1 atom stereocenters. The van der Waals surface area contributed by atoms with Crippen molar-refractivity contribution in [3.63, 3.8) is 0 Å². The average molecular weight is 343 g/mol. The number of carboxylic acid groups (broad SMARTS) is 1. The Kier molecular flexibility index (Phi) is 4.05. The van der Waals surface area contributed by atoms with Crippen LogP contribution in [0.3, 0.4) is 0 Å². The Morgan fingerprint density at radius 1 is 1.40 bits per heavy atom. The lowest BCUT2D eigenvalue weighted by molar-refractivity contribution is -0.389. The number of pyridine rings is 1. The Hall–Kier alpha value is -3.49. The van der Waals surface area contributed by atoms with Gasteiger partial charge in [0.25, 0.3) is 11.7 Å². The molecule has 9 heteroatoms. The molecule has 0 saturated heterocycles. The van der Waals surface area contributed by atoms with Gasteiger partial charge in [0.2, 0.25) is 0 Å². The molecule has 0 radical (unpaired) electrons. The van der Waals surface area contributed by atoms with Crippen LogP contribution in [0.4, 0.5) is 11.6 Å². The molecule has 0 saturated carbocycles. The summed E-state index contributed by atoms with van der Waals surface area (Å²) in [7, 11) is 0. The first-order chi connectivity index (χ1) is 11.9. The van der Waals surface area contributed by atoms with Crippen molar-refractivity contribution in [1.82, 2.24) is 4.98 Å². The topological polar surface area (TPSA) is 123 Å². The zero-order valence-corrected chi connectivity index (χ0v) is 13.1. The zero-order chi connectivity index (χ0) is 18.1. The molecule has 1 aliphatic rings. The van der Waals surface area contributed by atoms with E-state index in [-0.39, 0.29) is 23.7 Å². The number of nitrogens with zero attached hydrogens (tertiary/aromatic N) is 3. The average Bonchev–Trinajstić information content (AvgIpc) is 2.58. The number of rotatable bonds is 4. The van der Waals surface area contributed by atoms with E-state index >= 15 is 0 Å². The molecular formula is C16H13N3O6. The summed E-state index contributed by atoms with van der Waals surface area (Å²) < 4.78 is 5.44. The molecular weight excluding hydrogens is 330 g/mol. The first-order valence-corrected chi connectivity index (χ1v) is 7.32. The van der Waals surface area contributed by atoms with Crippen molar-refractivity contribution in [3.05, 3.63) is 57.6 Å². The van der Waals surface area contributed by atoms with Crippen LogP contribution in [-0.4, -0.2) is 33.0 Å². The van der Waals surface area contributed by atoms with Crippen molar-refractivity contribution in [2.45, 2.75) is 19.6 Å². The number of benzene rings is 1. The summed E-state index contributed by atoms with van der Waals surface area (Å²) >= 11 is 0. The third kappa shape index (κ3) is 3.11. The number of aromatic nitrogens is 1. The van der Waals surface area contributed by atoms with Crippen molar-refractivity contribution < 1.29 is 24.4 Å². The highest BCUT2D eigenvalue weighted by Crippen LogP contribution is 2.34. The molecule has 3 rings (SSSR count). The Labute approximate surface area is 141 Å². The molecule has 2 heterocycles. The van der Waals surface area contributed by atoms with Gasteiger partial charge in [0.05, 0.1) is 12.1 Å². The highest BCUT2D eigenvalue weighted by Gasteiger charge is 2.36. The van der Waals surface area contributed by atoms with Crippen molar-refractivity contribution in [3.8, 4) is 5.75 Å². The monoisotopic (exact) mass is 343 g/mol. The van der Waals surface area contributed by atoms with Gasteiger partial charge in [-0.05, 0) is 40.6 Å². The Balaban J connectivity index is 2.02. The van der Waals surface area contributed by atoms with Gasteiger partial charge >= 0.3 is 11.8 Å². The highest BCUT2D eigenvalue weighted by molar-refractivity contribution is 5.98. The second-order valence-corrected chi connectivity index (χ2v) is 5.44. The van der Waals surface area contributed by atoms with Crippen molar-refractivity contribution in [1.29, 1.82) is 0 Å². The van der Waals surface area contributed by atoms with Gasteiger partial charge in [-0.15, -0.1) is 0 Å². The number of hydrogen-bond donors (Lipinski definition) is 1. The molecule has 1 aromatic heterocycles. The quantitative estimate of drug-likeness (QED) is 0.665. The van der Waals surface area contributed by atoms with Crippen LogP contribution in [0.2, 0.25) is 0 Å². The van der Waals surface area contributed by atoms with E-state index in [1.807, 2.05) is 0 Å². The number of fused-ring (bicyclic) bond motifs is 1. The molecule has 0 aliphatic carbocycles. The number of aromatic carboxylic acids is 1. The van der Waals surface area contributed by atoms with Gasteiger partial charge in [-0.3, -0.25) is 9.69 Å². The van der Waals surface area contributed by atoms with Gasteiger partial charge in [0.1, 0.15) is 0 Å². The lowest BCUT2D eigenvalue weighted by atomic mass is 10.1. The Morgan fingerprint density at radius 2 is 2.16 bits per heavy atom. The van der Waals surface area contributed by atoms with E-state index in [1.165, 1.54) is 29.2 Å². The number of carboxylic acids is 1. The largest absolute Gasteiger partial charge is 0.478 e. The lowest BCUT2D eigenvalue weighted by Crippen LogP contribution is -2.44. The maximum atomic E-state index is 12.5. The van der Waals surface area contributed by atoms with Crippen LogP contribution in [0.25, 0.3) is 0 Å². The first-order valence-electron chi connectivity index (χ1n) is 7.32. The van der Waals surface area contributed by atoms with E-state index in [0.717, 1.165) is 0 Å². The van der Waals surface area contributed by atoms with Crippen molar-refractivity contribution in [2.24, 2.45) is 0 Å². The van der Waals surface area contributed by atoms with Crippen LogP contribution in [-0.2, 0) is 11.3 Å². The van der Waals surface area contributed by atoms with E-state index in [2.05, 4.69) is 4.98 Å². The van der Waals surface area contributed by atoms with E-state index in [1.54, 1.807) is 19.1 Å². The van der Waals surface area contributed by atoms with Crippen LogP contribution in [0.5, 0.6) is 5.75 Å². The predicted molar refractivity (Wildman–Crippen MR) is 85.6 cm³/mol. The maximum Gasteiger partial charge on any atom is 0.366 e. The Morgan fingerprint density at radius 3 is 2.84 bits per heavy atom. The van der Waals surface area contributed by atoms with Crippen LogP contribution >= 0.6 is 0 Å². The van der Waals surface area contributed by atoms with Gasteiger partial charge in [0.15, 0.2) is 11.9 Å². The molecule has 1 unspecified atom stereocenters. The van der Waals surface area contributed by atoms with Gasteiger partial charge in [-0.1, -0.05) is 12.1 Å². The molecule has 1 aliphatic heterocycles. The SMILES string of the molecule is CC1Oc2ccc([N+](=O)[O-])nc2N(Cc2cccc(C(=O)O)c2)C1=O. The maximum absolute atomic E-state index is 12.5. The number of ether oxygens (including phenoxy) is 1. The summed E-state index contributed by atoms with van der Waals surface area (Å²) in [6, 6.07) is 8.69. The Bertz CT molecular complexity index is 882. The fourth-order valence-electron chi connectivity index (χ4n) is 2.52. The normalized spacial score (nSPS) is 16.1. The summed E-state index contributed by atoms with van der Waals surface area (Å²) in [4.78, 5) is 39.0. The number of carbonyl (C=O) groups excluding carboxylic acids is 1. The number of amides is 1. The van der Waals surface area contributed by atoms with Crippen LogP contribution in [0.15, 0.2) is 36.4 Å². The minimum atomic E-state index is -1.09. The smallest absolute Gasteiger partial charge is 0.366 e. The third-order valence-corrected chi connectivity index (χ3v) is 3.70. The molecule has 1 amide bonds. The molecule has 128 valence electrons. The predicted octanol–water partition coefficient (Wildman–Crippen LogP) is 2.00. The molecule has 1 N–H and O–H groups in total. The molecule has 9 nitrogen and oxygen atoms in total. The van der Waals surface area contributed by atoms with Gasteiger partial charge in [0, 0.05) is 6.07 Å². The second-order valence-electron chi connectivity index (χ2n) is 5.44. The molecule has 1 aromatic carbocycles. The minimum Gasteiger partial charge on any atom is -0.478 e. The minimum absolute atomic E-state index is 0.0226. The fraction of sp³-hybridized carbons (Fsp3) is 0.188. The second kappa shape index (κ2) is 6.19. The van der Waals surface area contributed by atoms with Gasteiger partial charge in [-0.2, -0.15) is 0 Å².